The van der Waals surface area contributed by atoms with Gasteiger partial charge in [0.25, 0.3) is 0 Å². The van der Waals surface area contributed by atoms with Gasteiger partial charge in [-0.1, -0.05) is 30.3 Å². The minimum absolute atomic E-state index is 0.0903. The zero-order valence-corrected chi connectivity index (χ0v) is 16.7. The number of imidazole rings is 1. The lowest BCUT2D eigenvalue weighted by Gasteiger charge is -2.17. The number of carbonyl (C=O) groups excluding carboxylic acids is 1. The monoisotopic (exact) mass is 405 g/mol. The number of aromatic nitrogens is 4. The summed E-state index contributed by atoms with van der Waals surface area (Å²) < 4.78 is 2.05. The van der Waals surface area contributed by atoms with E-state index in [1.165, 1.54) is 5.56 Å². The number of pyridine rings is 1. The molecule has 1 aliphatic carbocycles. The zero-order chi connectivity index (χ0) is 21.0. The van der Waals surface area contributed by atoms with Gasteiger partial charge in [0.05, 0.1) is 17.4 Å². The summed E-state index contributed by atoms with van der Waals surface area (Å²) in [5.74, 6) is 0.189. The first-order valence-corrected chi connectivity index (χ1v) is 10.2. The molecule has 6 heteroatoms. The quantitative estimate of drug-likeness (QED) is 0.487. The minimum atomic E-state index is -0.454. The first kappa shape index (κ1) is 17.8. The van der Waals surface area contributed by atoms with Gasteiger partial charge in [-0.25, -0.2) is 9.97 Å². The second kappa shape index (κ2) is 6.47. The number of amides is 1. The van der Waals surface area contributed by atoms with Crippen molar-refractivity contribution in [2.24, 2.45) is 5.73 Å². The molecule has 1 saturated carbocycles. The van der Waals surface area contributed by atoms with E-state index >= 15 is 0 Å². The van der Waals surface area contributed by atoms with Crippen LogP contribution in [0.15, 0.2) is 79.4 Å². The van der Waals surface area contributed by atoms with Crippen LogP contribution in [0.5, 0.6) is 0 Å². The van der Waals surface area contributed by atoms with Gasteiger partial charge in [0.2, 0.25) is 11.7 Å². The number of nitrogens with zero attached hydrogens (tertiary/aromatic N) is 4. The van der Waals surface area contributed by atoms with Gasteiger partial charge in [0.15, 0.2) is 0 Å². The van der Waals surface area contributed by atoms with E-state index in [1.54, 1.807) is 12.3 Å². The highest BCUT2D eigenvalue weighted by atomic mass is 16.1. The summed E-state index contributed by atoms with van der Waals surface area (Å²) >= 11 is 0. The summed E-state index contributed by atoms with van der Waals surface area (Å²) in [6.07, 6.45) is 9.59. The molecule has 0 saturated heterocycles. The van der Waals surface area contributed by atoms with Crippen LogP contribution in [-0.4, -0.2) is 25.3 Å². The summed E-state index contributed by atoms with van der Waals surface area (Å²) in [6.45, 7) is 0. The van der Waals surface area contributed by atoms with Gasteiger partial charge in [-0.15, -0.1) is 0 Å². The molecule has 0 spiro atoms. The van der Waals surface area contributed by atoms with Crippen LogP contribution in [0.4, 0.5) is 0 Å². The Bertz CT molecular complexity index is 1480. The summed E-state index contributed by atoms with van der Waals surface area (Å²) in [5.41, 5.74) is 10.9. The van der Waals surface area contributed by atoms with Crippen LogP contribution in [0, 0.1) is 0 Å². The lowest BCUT2D eigenvalue weighted by molar-refractivity contribution is 0.100. The van der Waals surface area contributed by atoms with E-state index in [0.29, 0.717) is 11.3 Å². The fraction of sp³-hybridized carbons (Fsp3) is 0.120. The van der Waals surface area contributed by atoms with Crippen LogP contribution in [0.1, 0.15) is 34.5 Å². The summed E-state index contributed by atoms with van der Waals surface area (Å²) in [5, 5.41) is 1.13. The highest BCUT2D eigenvalue weighted by molar-refractivity contribution is 5.99. The van der Waals surface area contributed by atoms with Crippen molar-refractivity contribution in [3.8, 4) is 11.1 Å². The Morgan fingerprint density at radius 1 is 0.968 bits per heavy atom. The van der Waals surface area contributed by atoms with Crippen LogP contribution >= 0.6 is 0 Å². The van der Waals surface area contributed by atoms with Crippen molar-refractivity contribution in [3.05, 3.63) is 96.2 Å². The second-order valence-corrected chi connectivity index (χ2v) is 8.06. The molecular formula is C25H19N5O. The van der Waals surface area contributed by atoms with E-state index in [4.69, 9.17) is 5.73 Å². The molecule has 0 atom stereocenters. The highest BCUT2D eigenvalue weighted by Gasteiger charge is 2.48. The normalized spacial score (nSPS) is 14.7. The molecule has 0 radical (unpaired) electrons. The predicted octanol–water partition coefficient (Wildman–Crippen LogP) is 4.12. The Hall–Kier alpha value is -4.06. The standard InChI is InChI=1S/C25H19N5O/c26-23(31)20-6-2-1-5-19(20)17-13-28-24-29-14-22(30(24)15-17)25(9-10-25)18-7-8-21-16(12-18)4-3-11-27-21/h1-8,11-15H,9-10H2,(H2,26,31). The average molecular weight is 405 g/mol. The molecule has 6 nitrogen and oxygen atoms in total. The molecule has 5 aromatic rings. The molecule has 0 aliphatic heterocycles. The first-order chi connectivity index (χ1) is 15.2. The highest BCUT2D eigenvalue weighted by Crippen LogP contribution is 2.53. The third-order valence-corrected chi connectivity index (χ3v) is 6.26. The topological polar surface area (TPSA) is 86.2 Å². The predicted molar refractivity (Wildman–Crippen MR) is 119 cm³/mol. The molecule has 0 unspecified atom stereocenters. The lowest BCUT2D eigenvalue weighted by atomic mass is 9.91. The number of nitrogens with two attached hydrogens (primary N) is 1. The molecule has 1 aliphatic rings. The number of benzene rings is 2. The van der Waals surface area contributed by atoms with Crippen molar-refractivity contribution in [3.63, 3.8) is 0 Å². The van der Waals surface area contributed by atoms with Crippen LogP contribution in [0.3, 0.4) is 0 Å². The fourth-order valence-corrected chi connectivity index (χ4v) is 4.51. The Morgan fingerprint density at radius 3 is 2.65 bits per heavy atom. The Balaban J connectivity index is 1.51. The summed E-state index contributed by atoms with van der Waals surface area (Å²) in [7, 11) is 0. The Kier molecular flexibility index (Phi) is 3.71. The third-order valence-electron chi connectivity index (χ3n) is 6.26. The average Bonchev–Trinajstić information content (AvgIpc) is 3.51. The minimum Gasteiger partial charge on any atom is -0.366 e. The van der Waals surface area contributed by atoms with E-state index in [9.17, 15) is 4.79 Å². The van der Waals surface area contributed by atoms with Crippen LogP contribution in [-0.2, 0) is 5.41 Å². The molecule has 150 valence electrons. The van der Waals surface area contributed by atoms with E-state index < -0.39 is 5.91 Å². The largest absolute Gasteiger partial charge is 0.366 e. The molecule has 2 aromatic carbocycles. The molecule has 3 heterocycles. The van der Waals surface area contributed by atoms with Crippen molar-refractivity contribution in [1.29, 1.82) is 0 Å². The number of carbonyl (C=O) groups is 1. The number of hydrogen-bond acceptors (Lipinski definition) is 4. The third kappa shape index (κ3) is 2.72. The van der Waals surface area contributed by atoms with Gasteiger partial charge in [-0.2, -0.15) is 0 Å². The Labute approximate surface area is 178 Å². The SMILES string of the molecule is NC(=O)c1ccccc1-c1cnc2ncc(C3(c4ccc5ncccc5c4)CC3)n2c1. The molecule has 1 amide bonds. The van der Waals surface area contributed by atoms with Gasteiger partial charge in [-0.05, 0) is 48.2 Å². The second-order valence-electron chi connectivity index (χ2n) is 8.06. The van der Waals surface area contributed by atoms with E-state index in [1.807, 2.05) is 47.3 Å². The zero-order valence-electron chi connectivity index (χ0n) is 16.7. The molecule has 2 N–H and O–H groups in total. The van der Waals surface area contributed by atoms with Crippen molar-refractivity contribution in [2.45, 2.75) is 18.3 Å². The molecule has 6 rings (SSSR count). The number of fused-ring (bicyclic) bond motifs is 2. The van der Waals surface area contributed by atoms with Gasteiger partial charge in [-0.3, -0.25) is 14.2 Å². The van der Waals surface area contributed by atoms with Crippen LogP contribution in [0.2, 0.25) is 0 Å². The summed E-state index contributed by atoms with van der Waals surface area (Å²) in [4.78, 5) is 25.5. The van der Waals surface area contributed by atoms with E-state index in [2.05, 4.69) is 39.2 Å². The fourth-order valence-electron chi connectivity index (χ4n) is 4.51. The lowest BCUT2D eigenvalue weighted by Crippen LogP contribution is -2.13. The molecule has 3 aromatic heterocycles. The smallest absolute Gasteiger partial charge is 0.249 e. The number of rotatable bonds is 4. The maximum Gasteiger partial charge on any atom is 0.249 e. The molecular weight excluding hydrogens is 386 g/mol. The molecule has 31 heavy (non-hydrogen) atoms. The van der Waals surface area contributed by atoms with Gasteiger partial charge < -0.3 is 5.73 Å². The van der Waals surface area contributed by atoms with Gasteiger partial charge >= 0.3 is 0 Å². The molecule has 0 bridgehead atoms. The number of hydrogen-bond donors (Lipinski definition) is 1. The maximum absolute atomic E-state index is 11.9. The van der Waals surface area contributed by atoms with Gasteiger partial charge in [0.1, 0.15) is 0 Å². The van der Waals surface area contributed by atoms with Crippen molar-refractivity contribution >= 4 is 22.6 Å². The van der Waals surface area contributed by atoms with Crippen LogP contribution < -0.4 is 5.73 Å². The summed E-state index contributed by atoms with van der Waals surface area (Å²) in [6, 6.07) is 17.9. The Morgan fingerprint density at radius 2 is 1.81 bits per heavy atom. The maximum atomic E-state index is 11.9. The first-order valence-electron chi connectivity index (χ1n) is 10.2. The van der Waals surface area contributed by atoms with Crippen molar-refractivity contribution in [1.82, 2.24) is 19.4 Å². The van der Waals surface area contributed by atoms with Gasteiger partial charge in [0, 0.05) is 40.5 Å². The van der Waals surface area contributed by atoms with E-state index in [0.717, 1.165) is 40.6 Å². The van der Waals surface area contributed by atoms with Crippen molar-refractivity contribution in [2.75, 3.05) is 0 Å². The molecule has 1 fully saturated rings. The van der Waals surface area contributed by atoms with Crippen molar-refractivity contribution < 1.29 is 4.79 Å². The van der Waals surface area contributed by atoms with E-state index in [-0.39, 0.29) is 5.41 Å². The van der Waals surface area contributed by atoms with Crippen LogP contribution in [0.25, 0.3) is 27.8 Å². The number of primary amides is 1.